The third-order valence-corrected chi connectivity index (χ3v) is 2.95. The minimum absolute atomic E-state index is 0.259. The predicted octanol–water partition coefficient (Wildman–Crippen LogP) is 2.20. The number of aliphatic imine (C=N–C) groups is 1. The molecule has 0 amide bonds. The summed E-state index contributed by atoms with van der Waals surface area (Å²) in [6.07, 6.45) is 7.77. The van der Waals surface area contributed by atoms with E-state index < -0.39 is 0 Å². The molecule has 1 saturated carbocycles. The van der Waals surface area contributed by atoms with Crippen LogP contribution in [0.4, 0.5) is 0 Å². The summed E-state index contributed by atoms with van der Waals surface area (Å²) in [5.41, 5.74) is 0. The van der Waals surface area contributed by atoms with E-state index in [2.05, 4.69) is 16.7 Å². The molecule has 0 aromatic rings. The topological polar surface area (TPSA) is 38.7 Å². The SMILES string of the molecule is COC(=O)C=NC(C)C1CCCCC1. The van der Waals surface area contributed by atoms with Crippen LogP contribution in [0.1, 0.15) is 39.0 Å². The zero-order valence-electron chi connectivity index (χ0n) is 9.03. The molecule has 0 heterocycles. The molecular weight excluding hydrogens is 178 g/mol. The summed E-state index contributed by atoms with van der Waals surface area (Å²) in [5.74, 6) is 0.303. The maximum absolute atomic E-state index is 10.8. The number of carbonyl (C=O) groups is 1. The Labute approximate surface area is 85.6 Å². The normalized spacial score (nSPS) is 21.0. The summed E-state index contributed by atoms with van der Waals surface area (Å²) in [4.78, 5) is 15.0. The molecule has 1 rings (SSSR count). The van der Waals surface area contributed by atoms with E-state index in [1.807, 2.05) is 0 Å². The minimum Gasteiger partial charge on any atom is -0.465 e. The van der Waals surface area contributed by atoms with E-state index in [-0.39, 0.29) is 12.0 Å². The second-order valence-corrected chi connectivity index (χ2v) is 3.94. The highest BCUT2D eigenvalue weighted by atomic mass is 16.5. The summed E-state index contributed by atoms with van der Waals surface area (Å²) in [6, 6.07) is 0.259. The fourth-order valence-corrected chi connectivity index (χ4v) is 1.97. The highest BCUT2D eigenvalue weighted by molar-refractivity contribution is 6.23. The Balaban J connectivity index is 2.35. The number of nitrogens with zero attached hydrogens (tertiary/aromatic N) is 1. The van der Waals surface area contributed by atoms with E-state index in [9.17, 15) is 4.79 Å². The van der Waals surface area contributed by atoms with Crippen molar-refractivity contribution in [2.24, 2.45) is 10.9 Å². The van der Waals surface area contributed by atoms with Crippen molar-refractivity contribution in [2.75, 3.05) is 7.11 Å². The number of carbonyl (C=O) groups excluding carboxylic acids is 1. The van der Waals surface area contributed by atoms with Gasteiger partial charge in [0, 0.05) is 0 Å². The lowest BCUT2D eigenvalue weighted by Gasteiger charge is -2.24. The largest absolute Gasteiger partial charge is 0.465 e. The lowest BCUT2D eigenvalue weighted by molar-refractivity contribution is -0.132. The van der Waals surface area contributed by atoms with Crippen LogP contribution in [0, 0.1) is 5.92 Å². The van der Waals surface area contributed by atoms with Crippen LogP contribution in [0.25, 0.3) is 0 Å². The van der Waals surface area contributed by atoms with Crippen molar-refractivity contribution in [3.05, 3.63) is 0 Å². The molecule has 3 nitrogen and oxygen atoms in total. The van der Waals surface area contributed by atoms with Gasteiger partial charge in [0.2, 0.25) is 0 Å². The molecule has 0 radical (unpaired) electrons. The molecule has 0 bridgehead atoms. The van der Waals surface area contributed by atoms with E-state index in [1.165, 1.54) is 45.4 Å². The van der Waals surface area contributed by atoms with Crippen LogP contribution in [0.5, 0.6) is 0 Å². The second kappa shape index (κ2) is 5.78. The summed E-state index contributed by atoms with van der Waals surface area (Å²) in [5, 5.41) is 0. The smallest absolute Gasteiger partial charge is 0.348 e. The number of hydrogen-bond acceptors (Lipinski definition) is 3. The monoisotopic (exact) mass is 197 g/mol. The van der Waals surface area contributed by atoms with Gasteiger partial charge in [0.15, 0.2) is 0 Å². The number of rotatable bonds is 3. The molecule has 1 fully saturated rings. The van der Waals surface area contributed by atoms with Crippen molar-refractivity contribution in [3.8, 4) is 0 Å². The van der Waals surface area contributed by atoms with Gasteiger partial charge in [-0.25, -0.2) is 4.79 Å². The average molecular weight is 197 g/mol. The van der Waals surface area contributed by atoms with Crippen LogP contribution in [0.3, 0.4) is 0 Å². The van der Waals surface area contributed by atoms with Gasteiger partial charge in [-0.2, -0.15) is 0 Å². The molecule has 1 atom stereocenters. The van der Waals surface area contributed by atoms with E-state index in [0.29, 0.717) is 5.92 Å². The van der Waals surface area contributed by atoms with Crippen LogP contribution in [0.15, 0.2) is 4.99 Å². The van der Waals surface area contributed by atoms with Gasteiger partial charge in [-0.3, -0.25) is 4.99 Å². The first kappa shape index (κ1) is 11.2. The molecule has 1 unspecified atom stereocenters. The number of hydrogen-bond donors (Lipinski definition) is 0. The van der Waals surface area contributed by atoms with Crippen molar-refractivity contribution >= 4 is 12.2 Å². The van der Waals surface area contributed by atoms with Crippen LogP contribution in [-0.2, 0) is 9.53 Å². The van der Waals surface area contributed by atoms with Crippen LogP contribution >= 0.6 is 0 Å². The maximum Gasteiger partial charge on any atom is 0.348 e. The van der Waals surface area contributed by atoms with Gasteiger partial charge in [-0.1, -0.05) is 19.3 Å². The maximum atomic E-state index is 10.8. The average Bonchev–Trinajstić information content (AvgIpc) is 2.26. The van der Waals surface area contributed by atoms with Gasteiger partial charge < -0.3 is 4.74 Å². The van der Waals surface area contributed by atoms with Crippen molar-refractivity contribution in [1.82, 2.24) is 0 Å². The van der Waals surface area contributed by atoms with Crippen molar-refractivity contribution in [1.29, 1.82) is 0 Å². The molecule has 0 aliphatic heterocycles. The molecule has 1 aliphatic carbocycles. The van der Waals surface area contributed by atoms with Crippen molar-refractivity contribution in [3.63, 3.8) is 0 Å². The fourth-order valence-electron chi connectivity index (χ4n) is 1.97. The Hall–Kier alpha value is -0.860. The molecule has 0 spiro atoms. The third-order valence-electron chi connectivity index (χ3n) is 2.95. The van der Waals surface area contributed by atoms with Gasteiger partial charge in [-0.05, 0) is 25.7 Å². The molecule has 3 heteroatoms. The lowest BCUT2D eigenvalue weighted by Crippen LogP contribution is -2.19. The molecule has 80 valence electrons. The van der Waals surface area contributed by atoms with Crippen LogP contribution in [-0.4, -0.2) is 25.3 Å². The zero-order valence-corrected chi connectivity index (χ0v) is 9.03. The van der Waals surface area contributed by atoms with Gasteiger partial charge in [0.25, 0.3) is 0 Å². The Morgan fingerprint density at radius 2 is 2.07 bits per heavy atom. The third kappa shape index (κ3) is 3.48. The first-order valence-electron chi connectivity index (χ1n) is 5.35. The summed E-state index contributed by atoms with van der Waals surface area (Å²) in [7, 11) is 1.37. The lowest BCUT2D eigenvalue weighted by atomic mass is 9.85. The van der Waals surface area contributed by atoms with Gasteiger partial charge in [0.1, 0.15) is 6.21 Å². The van der Waals surface area contributed by atoms with E-state index in [1.54, 1.807) is 0 Å². The summed E-state index contributed by atoms with van der Waals surface area (Å²) in [6.45, 7) is 2.08. The van der Waals surface area contributed by atoms with Crippen LogP contribution < -0.4 is 0 Å². The van der Waals surface area contributed by atoms with Crippen molar-refractivity contribution in [2.45, 2.75) is 45.1 Å². The second-order valence-electron chi connectivity index (χ2n) is 3.94. The summed E-state index contributed by atoms with van der Waals surface area (Å²) < 4.78 is 4.50. The highest BCUT2D eigenvalue weighted by Gasteiger charge is 2.18. The molecule has 0 N–H and O–H groups in total. The number of esters is 1. The first-order chi connectivity index (χ1) is 6.74. The number of ether oxygens (including phenoxy) is 1. The Morgan fingerprint density at radius 1 is 1.43 bits per heavy atom. The van der Waals surface area contributed by atoms with Crippen molar-refractivity contribution < 1.29 is 9.53 Å². The summed E-state index contributed by atoms with van der Waals surface area (Å²) >= 11 is 0. The van der Waals surface area contributed by atoms with E-state index in [0.717, 1.165) is 0 Å². The quantitative estimate of drug-likeness (QED) is 0.514. The van der Waals surface area contributed by atoms with Gasteiger partial charge in [-0.15, -0.1) is 0 Å². The van der Waals surface area contributed by atoms with Gasteiger partial charge in [0.05, 0.1) is 13.2 Å². The Bertz CT molecular complexity index is 207. The standard InChI is InChI=1S/C11H19NO2/c1-9(12-8-11(13)14-2)10-6-4-3-5-7-10/h8-10H,3-7H2,1-2H3. The molecule has 1 aliphatic rings. The molecular formula is C11H19NO2. The predicted molar refractivity (Wildman–Crippen MR) is 56.5 cm³/mol. The minimum atomic E-state index is -0.354. The first-order valence-corrected chi connectivity index (χ1v) is 5.35. The van der Waals surface area contributed by atoms with Gasteiger partial charge >= 0.3 is 5.97 Å². The van der Waals surface area contributed by atoms with E-state index in [4.69, 9.17) is 0 Å². The molecule has 0 aromatic carbocycles. The van der Waals surface area contributed by atoms with Crippen LogP contribution in [0.2, 0.25) is 0 Å². The zero-order chi connectivity index (χ0) is 10.4. The molecule has 0 saturated heterocycles. The Kier molecular flexibility index (Phi) is 4.63. The Morgan fingerprint density at radius 3 is 2.64 bits per heavy atom. The fraction of sp³-hybridized carbons (Fsp3) is 0.818. The molecule has 14 heavy (non-hydrogen) atoms. The molecule has 0 aromatic heterocycles. The number of methoxy groups -OCH3 is 1. The highest BCUT2D eigenvalue weighted by Crippen LogP contribution is 2.27. The van der Waals surface area contributed by atoms with E-state index >= 15 is 0 Å².